The van der Waals surface area contributed by atoms with E-state index in [1.54, 1.807) is 13.0 Å². The zero-order valence-electron chi connectivity index (χ0n) is 8.86. The van der Waals surface area contributed by atoms with Gasteiger partial charge in [-0.05, 0) is 18.5 Å². The van der Waals surface area contributed by atoms with Crippen LogP contribution in [-0.4, -0.2) is 29.1 Å². The van der Waals surface area contributed by atoms with Crippen molar-refractivity contribution in [2.45, 2.75) is 6.92 Å². The number of nitrogens with one attached hydrogen (secondary N) is 1. The lowest BCUT2D eigenvalue weighted by atomic mass is 10.3. The largest absolute Gasteiger partial charge is 0.462 e. The summed E-state index contributed by atoms with van der Waals surface area (Å²) in [5, 5.41) is 2.96. The topological polar surface area (TPSA) is 64.1 Å². The highest BCUT2D eigenvalue weighted by atomic mass is 35.5. The number of anilines is 1. The van der Waals surface area contributed by atoms with Crippen LogP contribution in [0.25, 0.3) is 0 Å². The second-order valence-electron chi connectivity index (χ2n) is 2.79. The lowest BCUT2D eigenvalue weighted by Crippen LogP contribution is -2.12. The molecule has 0 fully saturated rings. The summed E-state index contributed by atoms with van der Waals surface area (Å²) in [6.07, 6.45) is 2.98. The summed E-state index contributed by atoms with van der Waals surface area (Å²) in [5.74, 6) is -0.135. The minimum Gasteiger partial charge on any atom is -0.462 e. The van der Waals surface area contributed by atoms with Crippen LogP contribution in [0.2, 0.25) is 5.28 Å². The third-order valence-corrected chi connectivity index (χ3v) is 1.85. The molecule has 0 saturated carbocycles. The molecule has 0 bridgehead atoms. The predicted octanol–water partition coefficient (Wildman–Crippen LogP) is 1.90. The van der Waals surface area contributed by atoms with Gasteiger partial charge in [-0.15, -0.1) is 6.58 Å². The van der Waals surface area contributed by atoms with Gasteiger partial charge >= 0.3 is 5.97 Å². The van der Waals surface area contributed by atoms with Crippen LogP contribution in [0.4, 0.5) is 5.82 Å². The maximum Gasteiger partial charge on any atom is 0.343 e. The number of rotatable bonds is 5. The van der Waals surface area contributed by atoms with E-state index in [0.29, 0.717) is 19.0 Å². The van der Waals surface area contributed by atoms with E-state index >= 15 is 0 Å². The van der Waals surface area contributed by atoms with Gasteiger partial charge in [0.1, 0.15) is 11.4 Å². The molecule has 16 heavy (non-hydrogen) atoms. The number of hydrogen-bond donors (Lipinski definition) is 1. The first kappa shape index (κ1) is 12.4. The zero-order chi connectivity index (χ0) is 12.0. The molecule has 0 aliphatic heterocycles. The van der Waals surface area contributed by atoms with Gasteiger partial charge in [0.05, 0.1) is 6.61 Å². The van der Waals surface area contributed by atoms with Crippen molar-refractivity contribution >= 4 is 23.4 Å². The Kier molecular flexibility index (Phi) is 4.72. The van der Waals surface area contributed by atoms with Crippen LogP contribution in [0.15, 0.2) is 18.9 Å². The molecule has 1 N–H and O–H groups in total. The molecule has 1 aromatic heterocycles. The molecule has 0 aliphatic carbocycles. The van der Waals surface area contributed by atoms with Crippen molar-refractivity contribution in [3.63, 3.8) is 0 Å². The maximum absolute atomic E-state index is 11.5. The van der Waals surface area contributed by atoms with E-state index < -0.39 is 5.97 Å². The fraction of sp³-hybridized carbons (Fsp3) is 0.300. The maximum atomic E-state index is 11.5. The molecule has 0 unspecified atom stereocenters. The monoisotopic (exact) mass is 241 g/mol. The molecule has 0 radical (unpaired) electrons. The van der Waals surface area contributed by atoms with Crippen molar-refractivity contribution in [2.75, 3.05) is 18.5 Å². The summed E-state index contributed by atoms with van der Waals surface area (Å²) in [7, 11) is 0. The standard InChI is InChI=1S/C10H12ClN3O2/c1-3-5-12-8-7(9(15)16-4-2)6-13-10(11)14-8/h3,6H,1,4-5H2,2H3,(H,12,13,14). The van der Waals surface area contributed by atoms with E-state index in [-0.39, 0.29) is 10.8 Å². The molecule has 0 saturated heterocycles. The van der Waals surface area contributed by atoms with E-state index in [0.717, 1.165) is 0 Å². The Morgan fingerprint density at radius 2 is 2.50 bits per heavy atom. The second-order valence-corrected chi connectivity index (χ2v) is 3.13. The van der Waals surface area contributed by atoms with Crippen LogP contribution in [0.5, 0.6) is 0 Å². The lowest BCUT2D eigenvalue weighted by Gasteiger charge is -2.08. The molecule has 0 atom stereocenters. The summed E-state index contributed by atoms with van der Waals surface area (Å²) in [6, 6.07) is 0. The molecule has 86 valence electrons. The van der Waals surface area contributed by atoms with Crippen molar-refractivity contribution in [1.82, 2.24) is 9.97 Å². The average molecular weight is 242 g/mol. The van der Waals surface area contributed by atoms with Gasteiger partial charge in [0.25, 0.3) is 0 Å². The number of carbonyl (C=O) groups excluding carboxylic acids is 1. The summed E-state index contributed by atoms with van der Waals surface area (Å²) in [5.41, 5.74) is 0.258. The van der Waals surface area contributed by atoms with Crippen molar-refractivity contribution in [3.05, 3.63) is 29.7 Å². The van der Waals surface area contributed by atoms with Gasteiger partial charge in [-0.2, -0.15) is 4.98 Å². The normalized spacial score (nSPS) is 9.62. The van der Waals surface area contributed by atoms with E-state index in [4.69, 9.17) is 16.3 Å². The van der Waals surface area contributed by atoms with Gasteiger partial charge in [0, 0.05) is 12.7 Å². The number of aromatic nitrogens is 2. The number of ether oxygens (including phenoxy) is 1. The fourth-order valence-electron chi connectivity index (χ4n) is 1.02. The first-order chi connectivity index (χ1) is 7.69. The Labute approximate surface area is 98.5 Å². The number of halogens is 1. The van der Waals surface area contributed by atoms with Gasteiger partial charge in [0.15, 0.2) is 0 Å². The minimum absolute atomic E-state index is 0.0691. The molecule has 6 heteroatoms. The SMILES string of the molecule is C=CCNc1nc(Cl)ncc1C(=O)OCC. The highest BCUT2D eigenvalue weighted by Gasteiger charge is 2.14. The van der Waals surface area contributed by atoms with Crippen LogP contribution in [0, 0.1) is 0 Å². The van der Waals surface area contributed by atoms with Gasteiger partial charge in [0.2, 0.25) is 5.28 Å². The van der Waals surface area contributed by atoms with Crippen LogP contribution in [0.3, 0.4) is 0 Å². The Morgan fingerprint density at radius 3 is 3.12 bits per heavy atom. The highest BCUT2D eigenvalue weighted by molar-refractivity contribution is 6.28. The lowest BCUT2D eigenvalue weighted by molar-refractivity contribution is 0.0526. The molecule has 5 nitrogen and oxygen atoms in total. The van der Waals surface area contributed by atoms with E-state index in [9.17, 15) is 4.79 Å². The molecule has 0 aromatic carbocycles. The van der Waals surface area contributed by atoms with Crippen molar-refractivity contribution < 1.29 is 9.53 Å². The van der Waals surface area contributed by atoms with E-state index in [2.05, 4.69) is 21.9 Å². The van der Waals surface area contributed by atoms with Crippen LogP contribution in [0.1, 0.15) is 17.3 Å². The number of carbonyl (C=O) groups is 1. The molecule has 0 spiro atoms. The molecule has 1 heterocycles. The van der Waals surface area contributed by atoms with Crippen LogP contribution >= 0.6 is 11.6 Å². The summed E-state index contributed by atoms with van der Waals surface area (Å²) in [4.78, 5) is 19.2. The number of esters is 1. The average Bonchev–Trinajstić information content (AvgIpc) is 2.26. The smallest absolute Gasteiger partial charge is 0.343 e. The van der Waals surface area contributed by atoms with Crippen molar-refractivity contribution in [3.8, 4) is 0 Å². The number of nitrogens with zero attached hydrogens (tertiary/aromatic N) is 2. The van der Waals surface area contributed by atoms with Gasteiger partial charge < -0.3 is 10.1 Å². The fourth-order valence-corrected chi connectivity index (χ4v) is 1.16. The van der Waals surface area contributed by atoms with Crippen LogP contribution < -0.4 is 5.32 Å². The Hall–Kier alpha value is -1.62. The summed E-state index contributed by atoms with van der Waals surface area (Å²) < 4.78 is 4.86. The first-order valence-corrected chi connectivity index (χ1v) is 5.11. The Morgan fingerprint density at radius 1 is 1.75 bits per heavy atom. The third-order valence-electron chi connectivity index (χ3n) is 1.67. The Bertz CT molecular complexity index is 396. The van der Waals surface area contributed by atoms with Gasteiger partial charge in [-0.3, -0.25) is 0 Å². The predicted molar refractivity (Wildman–Crippen MR) is 61.7 cm³/mol. The summed E-state index contributed by atoms with van der Waals surface area (Å²) >= 11 is 5.64. The molecule has 0 amide bonds. The number of hydrogen-bond acceptors (Lipinski definition) is 5. The second kappa shape index (κ2) is 6.07. The van der Waals surface area contributed by atoms with Crippen molar-refractivity contribution in [2.24, 2.45) is 0 Å². The minimum atomic E-state index is -0.481. The molecular formula is C10H12ClN3O2. The quantitative estimate of drug-likeness (QED) is 0.485. The molecule has 1 rings (SSSR count). The molecular weight excluding hydrogens is 230 g/mol. The molecule has 1 aromatic rings. The zero-order valence-corrected chi connectivity index (χ0v) is 9.62. The third kappa shape index (κ3) is 3.20. The Balaban J connectivity index is 2.96. The van der Waals surface area contributed by atoms with Crippen LogP contribution in [-0.2, 0) is 4.74 Å². The van der Waals surface area contributed by atoms with E-state index in [1.807, 2.05) is 0 Å². The summed E-state index contributed by atoms with van der Waals surface area (Å²) in [6.45, 7) is 6.05. The van der Waals surface area contributed by atoms with Gasteiger partial charge in [-0.1, -0.05) is 6.08 Å². The van der Waals surface area contributed by atoms with E-state index in [1.165, 1.54) is 6.20 Å². The van der Waals surface area contributed by atoms with Gasteiger partial charge in [-0.25, -0.2) is 9.78 Å². The highest BCUT2D eigenvalue weighted by Crippen LogP contribution is 2.15. The van der Waals surface area contributed by atoms with Crippen molar-refractivity contribution in [1.29, 1.82) is 0 Å². The first-order valence-electron chi connectivity index (χ1n) is 4.73. The molecule has 0 aliphatic rings.